The quantitative estimate of drug-likeness (QED) is 0.631. The fourth-order valence-electron chi connectivity index (χ4n) is 3.89. The molecule has 2 amide bonds. The standard InChI is InChI=1S/C20H27Cl2N3O5S/c1-2-30-20(27)24-11-9-23(10-12-24)19(26)15-5-7-25(8-6-15)31(28,29)14-16-3-4-17(21)13-18(16)22/h3-4,13,15H,2,5-12,14H2,1H3. The van der Waals surface area contributed by atoms with Gasteiger partial charge in [-0.15, -0.1) is 0 Å². The predicted molar refractivity (Wildman–Crippen MR) is 119 cm³/mol. The van der Waals surface area contributed by atoms with Crippen molar-refractivity contribution in [1.29, 1.82) is 0 Å². The highest BCUT2D eigenvalue weighted by Gasteiger charge is 2.34. The second kappa shape index (κ2) is 10.4. The van der Waals surface area contributed by atoms with E-state index in [1.54, 1.807) is 28.9 Å². The lowest BCUT2D eigenvalue weighted by molar-refractivity contribution is -0.138. The zero-order valence-corrected chi connectivity index (χ0v) is 19.8. The van der Waals surface area contributed by atoms with Gasteiger partial charge in [0.1, 0.15) is 0 Å². The number of carbonyl (C=O) groups excluding carboxylic acids is 2. The Morgan fingerprint density at radius 1 is 1.03 bits per heavy atom. The number of amides is 2. The summed E-state index contributed by atoms with van der Waals surface area (Å²) in [5, 5.41) is 0.775. The molecule has 172 valence electrons. The van der Waals surface area contributed by atoms with Crippen LogP contribution in [0.25, 0.3) is 0 Å². The lowest BCUT2D eigenvalue weighted by Crippen LogP contribution is -2.53. The second-order valence-corrected chi connectivity index (χ2v) is 10.5. The smallest absolute Gasteiger partial charge is 0.409 e. The summed E-state index contributed by atoms with van der Waals surface area (Å²) in [6, 6.07) is 4.76. The monoisotopic (exact) mass is 491 g/mol. The minimum Gasteiger partial charge on any atom is -0.450 e. The molecule has 0 saturated carbocycles. The molecule has 2 saturated heterocycles. The van der Waals surface area contributed by atoms with Crippen molar-refractivity contribution in [2.75, 3.05) is 45.9 Å². The van der Waals surface area contributed by atoms with Crippen molar-refractivity contribution in [3.8, 4) is 0 Å². The molecule has 0 aliphatic carbocycles. The van der Waals surface area contributed by atoms with E-state index in [2.05, 4.69) is 0 Å². The van der Waals surface area contributed by atoms with Gasteiger partial charge in [0, 0.05) is 55.2 Å². The van der Waals surface area contributed by atoms with Crippen LogP contribution >= 0.6 is 23.2 Å². The Morgan fingerprint density at radius 2 is 1.65 bits per heavy atom. The van der Waals surface area contributed by atoms with Crippen molar-refractivity contribution in [3.05, 3.63) is 33.8 Å². The molecule has 0 spiro atoms. The van der Waals surface area contributed by atoms with Gasteiger partial charge in [0.05, 0.1) is 12.4 Å². The van der Waals surface area contributed by atoms with Crippen LogP contribution in [-0.4, -0.2) is 80.4 Å². The van der Waals surface area contributed by atoms with Crippen molar-refractivity contribution >= 4 is 45.2 Å². The molecule has 3 rings (SSSR count). The summed E-state index contributed by atoms with van der Waals surface area (Å²) >= 11 is 12.0. The summed E-state index contributed by atoms with van der Waals surface area (Å²) in [5.41, 5.74) is 0.503. The first-order valence-corrected chi connectivity index (χ1v) is 12.7. The molecule has 0 radical (unpaired) electrons. The van der Waals surface area contributed by atoms with Gasteiger partial charge in [-0.05, 0) is 37.5 Å². The Morgan fingerprint density at radius 3 is 2.23 bits per heavy atom. The zero-order chi connectivity index (χ0) is 22.6. The number of piperazine rings is 1. The summed E-state index contributed by atoms with van der Waals surface area (Å²) in [6.07, 6.45) is 0.601. The van der Waals surface area contributed by atoms with Crippen LogP contribution in [0, 0.1) is 5.92 Å². The number of rotatable bonds is 5. The molecule has 2 aliphatic heterocycles. The number of hydrogen-bond donors (Lipinski definition) is 0. The van der Waals surface area contributed by atoms with E-state index < -0.39 is 10.0 Å². The highest BCUT2D eigenvalue weighted by atomic mass is 35.5. The van der Waals surface area contributed by atoms with Gasteiger partial charge in [-0.3, -0.25) is 4.79 Å². The van der Waals surface area contributed by atoms with Crippen LogP contribution in [0.1, 0.15) is 25.3 Å². The second-order valence-electron chi connectivity index (χ2n) is 7.68. The van der Waals surface area contributed by atoms with Crippen LogP contribution in [0.5, 0.6) is 0 Å². The van der Waals surface area contributed by atoms with Gasteiger partial charge in [-0.2, -0.15) is 0 Å². The molecule has 2 aliphatic rings. The number of ether oxygens (including phenoxy) is 1. The van der Waals surface area contributed by atoms with Gasteiger partial charge in [-0.25, -0.2) is 17.5 Å². The van der Waals surface area contributed by atoms with E-state index in [1.165, 1.54) is 10.4 Å². The van der Waals surface area contributed by atoms with Crippen molar-refractivity contribution < 1.29 is 22.7 Å². The molecule has 8 nitrogen and oxygen atoms in total. The number of benzene rings is 1. The van der Waals surface area contributed by atoms with E-state index in [9.17, 15) is 18.0 Å². The number of carbonyl (C=O) groups is 2. The molecule has 0 bridgehead atoms. The van der Waals surface area contributed by atoms with Crippen LogP contribution in [0.3, 0.4) is 0 Å². The number of hydrogen-bond acceptors (Lipinski definition) is 5. The molecule has 0 atom stereocenters. The third-order valence-corrected chi connectivity index (χ3v) is 8.08. The van der Waals surface area contributed by atoms with Crippen LogP contribution in [0.15, 0.2) is 18.2 Å². The minimum absolute atomic E-state index is 0.0290. The highest BCUT2D eigenvalue weighted by Crippen LogP contribution is 2.27. The molecule has 0 aromatic heterocycles. The predicted octanol–water partition coefficient (Wildman–Crippen LogP) is 2.84. The number of sulfonamides is 1. The fraction of sp³-hybridized carbons (Fsp3) is 0.600. The van der Waals surface area contributed by atoms with Gasteiger partial charge in [-0.1, -0.05) is 29.3 Å². The van der Waals surface area contributed by atoms with E-state index >= 15 is 0 Å². The first kappa shape index (κ1) is 24.1. The van der Waals surface area contributed by atoms with Crippen LogP contribution < -0.4 is 0 Å². The molecule has 1 aromatic carbocycles. The van der Waals surface area contributed by atoms with E-state index in [4.69, 9.17) is 27.9 Å². The maximum atomic E-state index is 12.9. The normalized spacial score (nSPS) is 18.8. The van der Waals surface area contributed by atoms with E-state index in [0.717, 1.165) is 0 Å². The molecular formula is C20H27Cl2N3O5S. The summed E-state index contributed by atoms with van der Waals surface area (Å²) < 4.78 is 32.1. The lowest BCUT2D eigenvalue weighted by Gasteiger charge is -2.38. The van der Waals surface area contributed by atoms with Gasteiger partial charge < -0.3 is 14.5 Å². The molecule has 2 fully saturated rings. The SMILES string of the molecule is CCOC(=O)N1CCN(C(=O)C2CCN(S(=O)(=O)Cc3ccc(Cl)cc3Cl)CC2)CC1. The van der Waals surface area contributed by atoms with Crippen LogP contribution in [-0.2, 0) is 25.3 Å². The maximum absolute atomic E-state index is 12.9. The Balaban J connectivity index is 1.51. The average Bonchev–Trinajstić information content (AvgIpc) is 2.75. The Hall–Kier alpha value is -1.55. The first-order valence-electron chi connectivity index (χ1n) is 10.3. The molecule has 1 aromatic rings. The Bertz CT molecular complexity index is 911. The highest BCUT2D eigenvalue weighted by molar-refractivity contribution is 7.88. The number of nitrogens with zero attached hydrogens (tertiary/aromatic N) is 3. The summed E-state index contributed by atoms with van der Waals surface area (Å²) in [7, 11) is -3.55. The maximum Gasteiger partial charge on any atom is 0.409 e. The zero-order valence-electron chi connectivity index (χ0n) is 17.4. The van der Waals surface area contributed by atoms with Crippen LogP contribution in [0.4, 0.5) is 4.79 Å². The van der Waals surface area contributed by atoms with Gasteiger partial charge in [0.2, 0.25) is 15.9 Å². The molecule has 31 heavy (non-hydrogen) atoms. The van der Waals surface area contributed by atoms with Crippen molar-refractivity contribution in [3.63, 3.8) is 0 Å². The summed E-state index contributed by atoms with van der Waals surface area (Å²) in [4.78, 5) is 28.0. The molecule has 11 heteroatoms. The summed E-state index contributed by atoms with van der Waals surface area (Å²) in [5.74, 6) is -0.377. The molecular weight excluding hydrogens is 465 g/mol. The van der Waals surface area contributed by atoms with Crippen molar-refractivity contribution in [2.24, 2.45) is 5.92 Å². The molecule has 0 unspecified atom stereocenters. The lowest BCUT2D eigenvalue weighted by atomic mass is 9.96. The minimum atomic E-state index is -3.55. The largest absolute Gasteiger partial charge is 0.450 e. The van der Waals surface area contributed by atoms with Gasteiger partial charge in [0.15, 0.2) is 0 Å². The van der Waals surface area contributed by atoms with E-state index in [-0.39, 0.29) is 23.7 Å². The van der Waals surface area contributed by atoms with E-state index in [1.807, 2.05) is 0 Å². The van der Waals surface area contributed by atoms with E-state index in [0.29, 0.717) is 74.3 Å². The summed E-state index contributed by atoms with van der Waals surface area (Å²) in [6.45, 7) is 4.49. The fourth-order valence-corrected chi connectivity index (χ4v) is 6.04. The van der Waals surface area contributed by atoms with Crippen molar-refractivity contribution in [1.82, 2.24) is 14.1 Å². The third kappa shape index (κ3) is 6.03. The van der Waals surface area contributed by atoms with Gasteiger partial charge in [0.25, 0.3) is 0 Å². The molecule has 0 N–H and O–H groups in total. The average molecular weight is 492 g/mol. The molecule has 2 heterocycles. The number of piperidine rings is 1. The topological polar surface area (TPSA) is 87.2 Å². The Labute approximate surface area is 193 Å². The third-order valence-electron chi connectivity index (χ3n) is 5.67. The number of halogens is 2. The van der Waals surface area contributed by atoms with Crippen molar-refractivity contribution in [2.45, 2.75) is 25.5 Å². The van der Waals surface area contributed by atoms with Gasteiger partial charge >= 0.3 is 6.09 Å². The Kier molecular flexibility index (Phi) is 8.07. The first-order chi connectivity index (χ1) is 14.7. The van der Waals surface area contributed by atoms with Crippen LogP contribution in [0.2, 0.25) is 10.0 Å².